The Morgan fingerprint density at radius 3 is 2.72 bits per heavy atom. The lowest BCUT2D eigenvalue weighted by Gasteiger charge is -2.34. The van der Waals surface area contributed by atoms with E-state index in [0.29, 0.717) is 19.4 Å². The average Bonchev–Trinajstić information content (AvgIpc) is 2.60. The molecule has 0 bridgehead atoms. The predicted octanol–water partition coefficient (Wildman–Crippen LogP) is 3.93. The van der Waals surface area contributed by atoms with Gasteiger partial charge in [0.1, 0.15) is 11.0 Å². The van der Waals surface area contributed by atoms with Crippen molar-refractivity contribution >= 4 is 17.0 Å². The zero-order chi connectivity index (χ0) is 18.4. The van der Waals surface area contributed by atoms with E-state index in [0.717, 1.165) is 25.3 Å². The maximum atomic E-state index is 13.2. The molecule has 1 heterocycles. The van der Waals surface area contributed by atoms with Crippen LogP contribution in [0.4, 0.5) is 13.2 Å². The van der Waals surface area contributed by atoms with Gasteiger partial charge in [0.05, 0.1) is 17.6 Å². The fourth-order valence-electron chi connectivity index (χ4n) is 3.04. The minimum atomic E-state index is -4.54. The lowest BCUT2D eigenvalue weighted by Crippen LogP contribution is -2.41. The standard InChI is InChI=1S/C17H22F3NO3S/c1-24-16(22)11-6-8-13-7-4-5-12-21(13)25(23)15-10-3-2-9-14(15)17(18,19)20/h2-3,9-10,13H,4-8,11-12H2,1H3. The highest BCUT2D eigenvalue weighted by molar-refractivity contribution is 7.82. The van der Waals surface area contributed by atoms with Gasteiger partial charge in [-0.05, 0) is 37.8 Å². The van der Waals surface area contributed by atoms with Crippen molar-refractivity contribution < 1.29 is 26.9 Å². The molecule has 1 saturated heterocycles. The highest BCUT2D eigenvalue weighted by Crippen LogP contribution is 2.35. The topological polar surface area (TPSA) is 46.6 Å². The molecule has 0 aliphatic carbocycles. The summed E-state index contributed by atoms with van der Waals surface area (Å²) in [6.45, 7) is 0.488. The highest BCUT2D eigenvalue weighted by atomic mass is 32.2. The minimum Gasteiger partial charge on any atom is -0.469 e. The fraction of sp³-hybridized carbons (Fsp3) is 0.588. The van der Waals surface area contributed by atoms with Gasteiger partial charge in [-0.1, -0.05) is 18.6 Å². The Morgan fingerprint density at radius 2 is 2.04 bits per heavy atom. The maximum absolute atomic E-state index is 13.2. The molecule has 0 amide bonds. The van der Waals surface area contributed by atoms with Crippen LogP contribution >= 0.6 is 0 Å². The molecule has 0 radical (unpaired) electrons. The molecule has 0 N–H and O–H groups in total. The van der Waals surface area contributed by atoms with Crippen molar-refractivity contribution in [3.8, 4) is 0 Å². The van der Waals surface area contributed by atoms with Gasteiger partial charge in [-0.15, -0.1) is 0 Å². The third kappa shape index (κ3) is 5.28. The number of rotatable bonds is 6. The number of piperidine rings is 1. The Balaban J connectivity index is 2.14. The lowest BCUT2D eigenvalue weighted by molar-refractivity contribution is -0.141. The summed E-state index contributed by atoms with van der Waals surface area (Å²) < 4.78 is 58.7. The van der Waals surface area contributed by atoms with E-state index >= 15 is 0 Å². The predicted molar refractivity (Wildman–Crippen MR) is 88.1 cm³/mol. The van der Waals surface area contributed by atoms with Crippen molar-refractivity contribution in [3.63, 3.8) is 0 Å². The second-order valence-corrected chi connectivity index (χ2v) is 7.41. The molecule has 0 saturated carbocycles. The first kappa shape index (κ1) is 19.9. The third-order valence-corrected chi connectivity index (χ3v) is 5.95. The number of carbonyl (C=O) groups is 1. The SMILES string of the molecule is COC(=O)CCCC1CCCCN1S(=O)c1ccccc1C(F)(F)F. The van der Waals surface area contributed by atoms with E-state index in [2.05, 4.69) is 4.74 Å². The van der Waals surface area contributed by atoms with Crippen LogP contribution in [0.15, 0.2) is 29.2 Å². The van der Waals surface area contributed by atoms with E-state index in [-0.39, 0.29) is 23.3 Å². The summed E-state index contributed by atoms with van der Waals surface area (Å²) in [5, 5.41) is 0. The van der Waals surface area contributed by atoms with Crippen LogP contribution in [0, 0.1) is 0 Å². The number of hydrogen-bond donors (Lipinski definition) is 0. The van der Waals surface area contributed by atoms with Crippen LogP contribution in [-0.2, 0) is 26.7 Å². The number of carbonyl (C=O) groups excluding carboxylic acids is 1. The van der Waals surface area contributed by atoms with Gasteiger partial charge in [-0.25, -0.2) is 8.51 Å². The summed E-state index contributed by atoms with van der Waals surface area (Å²) >= 11 is 0. The quantitative estimate of drug-likeness (QED) is 0.706. The number of hydrogen-bond acceptors (Lipinski definition) is 3. The third-order valence-electron chi connectivity index (χ3n) is 4.31. The minimum absolute atomic E-state index is 0.0967. The van der Waals surface area contributed by atoms with Crippen molar-refractivity contribution in [2.45, 2.75) is 55.6 Å². The molecule has 1 aromatic rings. The summed E-state index contributed by atoms with van der Waals surface area (Å²) in [6.07, 6.45) is -0.609. The van der Waals surface area contributed by atoms with Crippen LogP contribution in [0.2, 0.25) is 0 Å². The van der Waals surface area contributed by atoms with E-state index in [1.807, 2.05) is 0 Å². The molecule has 1 aliphatic heterocycles. The van der Waals surface area contributed by atoms with Crippen LogP contribution < -0.4 is 0 Å². The van der Waals surface area contributed by atoms with Crippen molar-refractivity contribution in [3.05, 3.63) is 29.8 Å². The molecule has 1 aliphatic rings. The molecule has 25 heavy (non-hydrogen) atoms. The van der Waals surface area contributed by atoms with E-state index < -0.39 is 22.7 Å². The molecular weight excluding hydrogens is 355 g/mol. The number of ether oxygens (including phenoxy) is 1. The molecule has 0 aromatic heterocycles. The summed E-state index contributed by atoms with van der Waals surface area (Å²) in [4.78, 5) is 11.0. The van der Waals surface area contributed by atoms with Gasteiger partial charge in [0.25, 0.3) is 0 Å². The molecule has 0 spiro atoms. The van der Waals surface area contributed by atoms with E-state index in [9.17, 15) is 22.2 Å². The van der Waals surface area contributed by atoms with Crippen LogP contribution in [0.1, 0.15) is 44.1 Å². The van der Waals surface area contributed by atoms with Crippen LogP contribution in [0.25, 0.3) is 0 Å². The Bertz CT molecular complexity index is 621. The number of methoxy groups -OCH3 is 1. The summed E-state index contributed by atoms with van der Waals surface area (Å²) in [5.74, 6) is -0.314. The second kappa shape index (κ2) is 8.80. The monoisotopic (exact) mass is 377 g/mol. The first-order valence-electron chi connectivity index (χ1n) is 8.26. The Hall–Kier alpha value is -1.41. The average molecular weight is 377 g/mol. The number of halogens is 3. The normalized spacial score (nSPS) is 20.2. The first-order chi connectivity index (χ1) is 11.8. The van der Waals surface area contributed by atoms with E-state index in [1.165, 1.54) is 25.3 Å². The number of esters is 1. The van der Waals surface area contributed by atoms with Gasteiger partial charge < -0.3 is 4.74 Å². The summed E-state index contributed by atoms with van der Waals surface area (Å²) in [6, 6.07) is 4.91. The molecule has 2 unspecified atom stereocenters. The fourth-order valence-corrected chi connectivity index (χ4v) is 4.64. The van der Waals surface area contributed by atoms with E-state index in [1.54, 1.807) is 4.31 Å². The van der Waals surface area contributed by atoms with Crippen molar-refractivity contribution in [2.75, 3.05) is 13.7 Å². The zero-order valence-corrected chi connectivity index (χ0v) is 14.9. The summed E-state index contributed by atoms with van der Waals surface area (Å²) in [7, 11) is -0.559. The number of nitrogens with zero attached hydrogens (tertiary/aromatic N) is 1. The molecule has 1 aromatic carbocycles. The lowest BCUT2D eigenvalue weighted by atomic mass is 10.00. The molecule has 1 fully saturated rings. The van der Waals surface area contributed by atoms with Gasteiger partial charge >= 0.3 is 12.1 Å². The van der Waals surface area contributed by atoms with Gasteiger partial charge in [0.15, 0.2) is 0 Å². The number of alkyl halides is 3. The molecular formula is C17H22F3NO3S. The smallest absolute Gasteiger partial charge is 0.417 e. The second-order valence-electron chi connectivity index (χ2n) is 6.00. The first-order valence-corrected chi connectivity index (χ1v) is 9.37. The van der Waals surface area contributed by atoms with Crippen molar-refractivity contribution in [1.29, 1.82) is 0 Å². The van der Waals surface area contributed by atoms with Crippen LogP contribution in [0.3, 0.4) is 0 Å². The van der Waals surface area contributed by atoms with Gasteiger partial charge in [-0.3, -0.25) is 4.79 Å². The van der Waals surface area contributed by atoms with Crippen LogP contribution in [-0.4, -0.2) is 34.2 Å². The molecule has 4 nitrogen and oxygen atoms in total. The van der Waals surface area contributed by atoms with Crippen molar-refractivity contribution in [1.82, 2.24) is 4.31 Å². The van der Waals surface area contributed by atoms with E-state index in [4.69, 9.17) is 0 Å². The largest absolute Gasteiger partial charge is 0.469 e. The maximum Gasteiger partial charge on any atom is 0.417 e. The molecule has 2 atom stereocenters. The van der Waals surface area contributed by atoms with Gasteiger partial charge in [0.2, 0.25) is 0 Å². The molecule has 140 valence electrons. The Morgan fingerprint density at radius 1 is 1.32 bits per heavy atom. The van der Waals surface area contributed by atoms with Gasteiger partial charge in [0, 0.05) is 19.0 Å². The highest BCUT2D eigenvalue weighted by Gasteiger charge is 2.37. The van der Waals surface area contributed by atoms with Gasteiger partial charge in [-0.2, -0.15) is 13.2 Å². The summed E-state index contributed by atoms with van der Waals surface area (Å²) in [5.41, 5.74) is -0.854. The Kier molecular flexibility index (Phi) is 7.01. The Labute approximate surface area is 147 Å². The van der Waals surface area contributed by atoms with Crippen molar-refractivity contribution in [2.24, 2.45) is 0 Å². The molecule has 8 heteroatoms. The zero-order valence-electron chi connectivity index (χ0n) is 14.1. The molecule has 2 rings (SSSR count). The van der Waals surface area contributed by atoms with Crippen LogP contribution in [0.5, 0.6) is 0 Å². The number of benzene rings is 1.